The van der Waals surface area contributed by atoms with Crippen LogP contribution < -0.4 is 20.3 Å². The standard InChI is InChI=1S/C21H22N4O4/c1-25(12-19-23-16-6-3-2-5-15(16)21(27)24-19)13-20(26)22-14-7-8-17-18(11-14)29-10-4-9-28-17/h2-3,5-8,11H,4,9-10,12-13H2,1H3,(H,22,26)(H,23,24,27). The Morgan fingerprint density at radius 3 is 2.83 bits per heavy atom. The second-order valence-electron chi connectivity index (χ2n) is 6.96. The van der Waals surface area contributed by atoms with Gasteiger partial charge in [0.05, 0.1) is 37.2 Å². The number of nitrogens with one attached hydrogen (secondary N) is 2. The minimum Gasteiger partial charge on any atom is -0.490 e. The Balaban J connectivity index is 1.39. The monoisotopic (exact) mass is 394 g/mol. The third-order valence-corrected chi connectivity index (χ3v) is 4.53. The summed E-state index contributed by atoms with van der Waals surface area (Å²) in [5.41, 5.74) is 1.09. The van der Waals surface area contributed by atoms with Crippen molar-refractivity contribution >= 4 is 22.5 Å². The summed E-state index contributed by atoms with van der Waals surface area (Å²) in [4.78, 5) is 33.6. The molecule has 2 aromatic carbocycles. The van der Waals surface area contributed by atoms with Gasteiger partial charge in [-0.2, -0.15) is 0 Å². The highest BCUT2D eigenvalue weighted by Crippen LogP contribution is 2.32. The summed E-state index contributed by atoms with van der Waals surface area (Å²) in [5, 5.41) is 3.41. The Morgan fingerprint density at radius 1 is 1.17 bits per heavy atom. The summed E-state index contributed by atoms with van der Waals surface area (Å²) >= 11 is 0. The second-order valence-corrected chi connectivity index (χ2v) is 6.96. The zero-order valence-corrected chi connectivity index (χ0v) is 16.1. The first-order valence-electron chi connectivity index (χ1n) is 9.44. The number of hydrogen-bond donors (Lipinski definition) is 2. The van der Waals surface area contributed by atoms with Gasteiger partial charge in [0.2, 0.25) is 5.91 Å². The van der Waals surface area contributed by atoms with Crippen molar-refractivity contribution in [1.29, 1.82) is 0 Å². The van der Waals surface area contributed by atoms with Gasteiger partial charge in [0.1, 0.15) is 5.82 Å². The number of nitrogens with zero attached hydrogens (tertiary/aromatic N) is 2. The molecule has 0 bridgehead atoms. The highest BCUT2D eigenvalue weighted by atomic mass is 16.5. The Kier molecular flexibility index (Phi) is 5.44. The fourth-order valence-electron chi connectivity index (χ4n) is 3.21. The lowest BCUT2D eigenvalue weighted by Gasteiger charge is -2.16. The van der Waals surface area contributed by atoms with Crippen molar-refractivity contribution in [3.05, 3.63) is 58.6 Å². The van der Waals surface area contributed by atoms with Gasteiger partial charge >= 0.3 is 0 Å². The topological polar surface area (TPSA) is 96.6 Å². The number of carbonyl (C=O) groups is 1. The molecule has 1 aromatic heterocycles. The molecule has 1 amide bonds. The number of fused-ring (bicyclic) bond motifs is 2. The maximum atomic E-state index is 12.4. The molecule has 0 atom stereocenters. The van der Waals surface area contributed by atoms with Gasteiger partial charge in [-0.3, -0.25) is 14.5 Å². The maximum Gasteiger partial charge on any atom is 0.258 e. The highest BCUT2D eigenvalue weighted by Gasteiger charge is 2.14. The van der Waals surface area contributed by atoms with Crippen LogP contribution in [-0.4, -0.2) is 47.6 Å². The number of ether oxygens (including phenoxy) is 2. The van der Waals surface area contributed by atoms with E-state index in [2.05, 4.69) is 15.3 Å². The average Bonchev–Trinajstić information content (AvgIpc) is 2.92. The summed E-state index contributed by atoms with van der Waals surface area (Å²) in [6, 6.07) is 12.5. The normalized spacial score (nSPS) is 13.3. The van der Waals surface area contributed by atoms with Crippen LogP contribution in [0.5, 0.6) is 11.5 Å². The number of hydrogen-bond acceptors (Lipinski definition) is 6. The smallest absolute Gasteiger partial charge is 0.258 e. The van der Waals surface area contributed by atoms with Crippen LogP contribution in [0, 0.1) is 0 Å². The third kappa shape index (κ3) is 4.55. The van der Waals surface area contributed by atoms with Crippen molar-refractivity contribution < 1.29 is 14.3 Å². The molecule has 8 nitrogen and oxygen atoms in total. The summed E-state index contributed by atoms with van der Waals surface area (Å²) in [6.07, 6.45) is 0.825. The van der Waals surface area contributed by atoms with Gasteiger partial charge in [0, 0.05) is 18.2 Å². The van der Waals surface area contributed by atoms with Crippen molar-refractivity contribution in [2.24, 2.45) is 0 Å². The number of carbonyl (C=O) groups excluding carboxylic acids is 1. The lowest BCUT2D eigenvalue weighted by molar-refractivity contribution is -0.117. The number of para-hydroxylation sites is 1. The van der Waals surface area contributed by atoms with Gasteiger partial charge < -0.3 is 19.8 Å². The molecule has 1 aliphatic heterocycles. The quantitative estimate of drug-likeness (QED) is 0.688. The summed E-state index contributed by atoms with van der Waals surface area (Å²) in [7, 11) is 1.79. The Bertz CT molecular complexity index is 1100. The van der Waals surface area contributed by atoms with Gasteiger partial charge in [-0.15, -0.1) is 0 Å². The SMILES string of the molecule is CN(CC(=O)Nc1ccc2c(c1)OCCCO2)Cc1nc2ccccc2c(=O)[nH]1. The van der Waals surface area contributed by atoms with E-state index in [0.717, 1.165) is 6.42 Å². The minimum absolute atomic E-state index is 0.144. The molecule has 150 valence electrons. The van der Waals surface area contributed by atoms with E-state index in [9.17, 15) is 9.59 Å². The molecule has 0 unspecified atom stereocenters. The molecule has 29 heavy (non-hydrogen) atoms. The van der Waals surface area contributed by atoms with Crippen LogP contribution in [0.2, 0.25) is 0 Å². The first-order chi connectivity index (χ1) is 14.1. The Labute approximate surface area is 167 Å². The largest absolute Gasteiger partial charge is 0.490 e. The number of aromatic amines is 1. The van der Waals surface area contributed by atoms with E-state index in [0.29, 0.717) is 53.7 Å². The molecule has 2 heterocycles. The number of benzene rings is 2. The van der Waals surface area contributed by atoms with Crippen molar-refractivity contribution in [2.45, 2.75) is 13.0 Å². The van der Waals surface area contributed by atoms with Gasteiger partial charge in [0.25, 0.3) is 5.56 Å². The van der Waals surface area contributed by atoms with Crippen LogP contribution in [0.4, 0.5) is 5.69 Å². The number of amides is 1. The molecule has 0 radical (unpaired) electrons. The first-order valence-corrected chi connectivity index (χ1v) is 9.44. The highest BCUT2D eigenvalue weighted by molar-refractivity contribution is 5.92. The molecule has 1 aliphatic rings. The second kappa shape index (κ2) is 8.32. The van der Waals surface area contributed by atoms with E-state index >= 15 is 0 Å². The maximum absolute atomic E-state index is 12.4. The minimum atomic E-state index is -0.185. The molecule has 2 N–H and O–H groups in total. The molecule has 4 rings (SSSR count). The summed E-state index contributed by atoms with van der Waals surface area (Å²) < 4.78 is 11.2. The van der Waals surface area contributed by atoms with Gasteiger partial charge in [-0.1, -0.05) is 12.1 Å². The molecule has 0 saturated heterocycles. The van der Waals surface area contributed by atoms with E-state index in [1.165, 1.54) is 0 Å². The molecular weight excluding hydrogens is 372 g/mol. The molecule has 3 aromatic rings. The molecule has 8 heteroatoms. The number of anilines is 1. The number of aromatic nitrogens is 2. The number of H-pyrrole nitrogens is 1. The van der Waals surface area contributed by atoms with Crippen LogP contribution in [0.1, 0.15) is 12.2 Å². The molecular formula is C21H22N4O4. The molecule has 0 spiro atoms. The van der Waals surface area contributed by atoms with Crippen molar-refractivity contribution in [3.8, 4) is 11.5 Å². The van der Waals surface area contributed by atoms with E-state index in [1.807, 2.05) is 6.07 Å². The zero-order chi connectivity index (χ0) is 20.2. The average molecular weight is 394 g/mol. The summed E-state index contributed by atoms with van der Waals surface area (Å²) in [6.45, 7) is 1.69. The lowest BCUT2D eigenvalue weighted by atomic mass is 10.2. The van der Waals surface area contributed by atoms with Crippen LogP contribution in [0.15, 0.2) is 47.3 Å². The fourth-order valence-corrected chi connectivity index (χ4v) is 3.21. The van der Waals surface area contributed by atoms with Gasteiger partial charge in [0.15, 0.2) is 11.5 Å². The van der Waals surface area contributed by atoms with E-state index in [-0.39, 0.29) is 18.0 Å². The van der Waals surface area contributed by atoms with Crippen LogP contribution in [0.3, 0.4) is 0 Å². The molecule has 0 saturated carbocycles. The molecule has 0 aliphatic carbocycles. The van der Waals surface area contributed by atoms with E-state index < -0.39 is 0 Å². The van der Waals surface area contributed by atoms with E-state index in [4.69, 9.17) is 9.47 Å². The van der Waals surface area contributed by atoms with E-state index in [1.54, 1.807) is 48.3 Å². The fraction of sp³-hybridized carbons (Fsp3) is 0.286. The van der Waals surface area contributed by atoms with Crippen LogP contribution in [0.25, 0.3) is 10.9 Å². The number of rotatable bonds is 5. The van der Waals surface area contributed by atoms with Crippen molar-refractivity contribution in [3.63, 3.8) is 0 Å². The van der Waals surface area contributed by atoms with Gasteiger partial charge in [-0.25, -0.2) is 4.98 Å². The first kappa shape index (κ1) is 18.9. The summed E-state index contributed by atoms with van der Waals surface area (Å²) in [5.74, 6) is 1.65. The van der Waals surface area contributed by atoms with Crippen LogP contribution in [-0.2, 0) is 11.3 Å². The van der Waals surface area contributed by atoms with Crippen molar-refractivity contribution in [2.75, 3.05) is 32.1 Å². The Hall–Kier alpha value is -3.39. The van der Waals surface area contributed by atoms with Crippen LogP contribution >= 0.6 is 0 Å². The lowest BCUT2D eigenvalue weighted by Crippen LogP contribution is -2.31. The molecule has 0 fully saturated rings. The predicted molar refractivity (Wildman–Crippen MR) is 109 cm³/mol. The zero-order valence-electron chi connectivity index (χ0n) is 16.1. The van der Waals surface area contributed by atoms with Gasteiger partial charge in [-0.05, 0) is 31.3 Å². The third-order valence-electron chi connectivity index (χ3n) is 4.53. The van der Waals surface area contributed by atoms with Crippen molar-refractivity contribution in [1.82, 2.24) is 14.9 Å². The number of likely N-dealkylation sites (N-methyl/N-ethyl adjacent to an activating group) is 1. The predicted octanol–water partition coefficient (Wildman–Crippen LogP) is 2.15. The Morgan fingerprint density at radius 2 is 1.97 bits per heavy atom.